The minimum atomic E-state index is -1.04. The van der Waals surface area contributed by atoms with Crippen molar-refractivity contribution in [1.29, 1.82) is 0 Å². The molecule has 1 aromatic rings. The van der Waals surface area contributed by atoms with E-state index in [4.69, 9.17) is 5.73 Å². The zero-order valence-electron chi connectivity index (χ0n) is 16.5. The largest absolute Gasteiger partial charge is 0.368 e. The Morgan fingerprint density at radius 2 is 2.00 bits per heavy atom. The van der Waals surface area contributed by atoms with Gasteiger partial charge >= 0.3 is 6.03 Å². The van der Waals surface area contributed by atoms with Gasteiger partial charge in [-0.1, -0.05) is 0 Å². The summed E-state index contributed by atoms with van der Waals surface area (Å²) in [5, 5.41) is 4.82. The van der Waals surface area contributed by atoms with Gasteiger partial charge in [0.2, 0.25) is 17.7 Å². The van der Waals surface area contributed by atoms with E-state index in [9.17, 15) is 28.0 Å². The molecule has 0 spiro atoms. The molecule has 1 heterocycles. The number of primary amides is 1. The fraction of sp³-hybridized carbons (Fsp3) is 0.444. The van der Waals surface area contributed by atoms with Crippen molar-refractivity contribution in [3.8, 4) is 0 Å². The first-order valence-corrected chi connectivity index (χ1v) is 10.4. The molecule has 2 atom stereocenters. The van der Waals surface area contributed by atoms with Crippen LogP contribution in [0, 0.1) is 11.6 Å². The highest BCUT2D eigenvalue weighted by atomic mass is 32.2. The molecule has 0 aliphatic carbocycles. The number of halogens is 2. The summed E-state index contributed by atoms with van der Waals surface area (Å²) in [5.41, 5.74) is 4.90. The third-order valence-corrected chi connectivity index (χ3v) is 5.04. The molecule has 0 aromatic heterocycles. The van der Waals surface area contributed by atoms with Gasteiger partial charge in [-0.3, -0.25) is 14.4 Å². The highest BCUT2D eigenvalue weighted by molar-refractivity contribution is 7.99. The van der Waals surface area contributed by atoms with Crippen LogP contribution in [0.2, 0.25) is 0 Å². The Balaban J connectivity index is 2.16. The van der Waals surface area contributed by atoms with Crippen molar-refractivity contribution < 1.29 is 28.0 Å². The summed E-state index contributed by atoms with van der Waals surface area (Å²) in [6.45, 7) is -0.129. The number of urea groups is 1. The highest BCUT2D eigenvalue weighted by Crippen LogP contribution is 2.22. The Bertz CT molecular complexity index is 841. The molecule has 9 nitrogen and oxygen atoms in total. The molecule has 12 heteroatoms. The Hall–Kier alpha value is -2.89. The van der Waals surface area contributed by atoms with E-state index in [-0.39, 0.29) is 36.9 Å². The second-order valence-corrected chi connectivity index (χ2v) is 7.61. The van der Waals surface area contributed by atoms with Gasteiger partial charge in [0.15, 0.2) is 0 Å². The Morgan fingerprint density at radius 3 is 2.60 bits per heavy atom. The van der Waals surface area contributed by atoms with E-state index in [1.165, 1.54) is 23.7 Å². The summed E-state index contributed by atoms with van der Waals surface area (Å²) < 4.78 is 26.8. The maximum absolute atomic E-state index is 13.8. The lowest BCUT2D eigenvalue weighted by Gasteiger charge is -2.30. The van der Waals surface area contributed by atoms with Crippen molar-refractivity contribution in [2.45, 2.75) is 18.5 Å². The van der Waals surface area contributed by atoms with Gasteiger partial charge in [-0.05, 0) is 24.8 Å². The van der Waals surface area contributed by atoms with Crippen LogP contribution < -0.4 is 16.4 Å². The van der Waals surface area contributed by atoms with Crippen LogP contribution in [-0.4, -0.2) is 77.8 Å². The molecule has 2 rings (SSSR count). The number of nitrogens with zero attached hydrogens (tertiary/aromatic N) is 2. The first-order valence-electron chi connectivity index (χ1n) is 8.98. The third kappa shape index (κ3) is 5.81. The standard InChI is InChI=1S/C18H23F2N5O4S/c1-24(8-14(21)26)17(28)16-13(5-6-25(16)15(27)9-30-2)23-18(29)22-12-4-3-10(19)7-11(12)20/h3-4,7,13,16H,5-6,8-9H2,1-2H3,(H2,21,26)(H2,22,23,29)/t13-,16-/m0/s1. The zero-order valence-corrected chi connectivity index (χ0v) is 17.3. The number of hydrogen-bond donors (Lipinski definition) is 3. The maximum atomic E-state index is 13.8. The molecule has 0 bridgehead atoms. The van der Waals surface area contributed by atoms with E-state index in [0.29, 0.717) is 6.07 Å². The Kier molecular flexibility index (Phi) is 7.98. The SMILES string of the molecule is CSCC(=O)N1CC[C@H](NC(=O)Nc2ccc(F)cc2F)[C@H]1C(=O)N(C)CC(N)=O. The van der Waals surface area contributed by atoms with Crippen LogP contribution in [0.5, 0.6) is 0 Å². The predicted octanol–water partition coefficient (Wildman–Crippen LogP) is 0.363. The van der Waals surface area contributed by atoms with Crippen molar-refractivity contribution in [1.82, 2.24) is 15.1 Å². The number of hydrogen-bond acceptors (Lipinski definition) is 5. The summed E-state index contributed by atoms with van der Waals surface area (Å²) in [6, 6.07) is 0.0395. The topological polar surface area (TPSA) is 125 Å². The highest BCUT2D eigenvalue weighted by Gasteiger charge is 2.43. The molecule has 1 aliphatic heterocycles. The van der Waals surface area contributed by atoms with Crippen molar-refractivity contribution in [2.75, 3.05) is 37.5 Å². The second kappa shape index (κ2) is 10.2. The summed E-state index contributed by atoms with van der Waals surface area (Å²) in [5.74, 6) is -3.17. The number of likely N-dealkylation sites (tertiary alicyclic amines) is 1. The van der Waals surface area contributed by atoms with Gasteiger partial charge in [0.05, 0.1) is 24.0 Å². The number of carbonyl (C=O) groups is 4. The van der Waals surface area contributed by atoms with Crippen molar-refractivity contribution in [3.63, 3.8) is 0 Å². The lowest BCUT2D eigenvalue weighted by atomic mass is 10.1. The molecule has 0 unspecified atom stereocenters. The van der Waals surface area contributed by atoms with Gasteiger partial charge in [0, 0.05) is 19.7 Å². The van der Waals surface area contributed by atoms with Gasteiger partial charge in [-0.15, -0.1) is 0 Å². The molecule has 0 radical (unpaired) electrons. The van der Waals surface area contributed by atoms with Gasteiger partial charge < -0.3 is 26.2 Å². The summed E-state index contributed by atoms with van der Waals surface area (Å²) >= 11 is 1.29. The van der Waals surface area contributed by atoms with Gasteiger partial charge in [0.25, 0.3) is 0 Å². The van der Waals surface area contributed by atoms with Crippen LogP contribution in [0.4, 0.5) is 19.3 Å². The lowest BCUT2D eigenvalue weighted by molar-refractivity contribution is -0.143. The number of benzene rings is 1. The third-order valence-electron chi connectivity index (χ3n) is 4.50. The number of amides is 5. The number of anilines is 1. The van der Waals surface area contributed by atoms with E-state index in [0.717, 1.165) is 17.0 Å². The Labute approximate surface area is 176 Å². The van der Waals surface area contributed by atoms with Crippen LogP contribution in [0.1, 0.15) is 6.42 Å². The minimum Gasteiger partial charge on any atom is -0.368 e. The van der Waals surface area contributed by atoms with Gasteiger partial charge in [0.1, 0.15) is 17.7 Å². The number of likely N-dealkylation sites (N-methyl/N-ethyl adjacent to an activating group) is 1. The molecular weight excluding hydrogens is 420 g/mol. The summed E-state index contributed by atoms with van der Waals surface area (Å²) in [6.07, 6.45) is 2.02. The van der Waals surface area contributed by atoms with E-state index in [2.05, 4.69) is 10.6 Å². The monoisotopic (exact) mass is 443 g/mol. The molecule has 1 aromatic carbocycles. The number of nitrogens with two attached hydrogens (primary N) is 1. The van der Waals surface area contributed by atoms with Crippen LogP contribution in [-0.2, 0) is 14.4 Å². The number of thioether (sulfide) groups is 1. The quantitative estimate of drug-likeness (QED) is 0.561. The molecule has 30 heavy (non-hydrogen) atoms. The van der Waals surface area contributed by atoms with Crippen LogP contribution in [0.25, 0.3) is 0 Å². The number of carbonyl (C=O) groups excluding carboxylic acids is 4. The average molecular weight is 443 g/mol. The molecular formula is C18H23F2N5O4S. The molecule has 5 amide bonds. The van der Waals surface area contributed by atoms with E-state index >= 15 is 0 Å². The smallest absolute Gasteiger partial charge is 0.319 e. The van der Waals surface area contributed by atoms with Gasteiger partial charge in [-0.25, -0.2) is 13.6 Å². The van der Waals surface area contributed by atoms with Crippen molar-refractivity contribution in [2.24, 2.45) is 5.73 Å². The number of rotatable bonds is 7. The van der Waals surface area contributed by atoms with Crippen LogP contribution in [0.3, 0.4) is 0 Å². The van der Waals surface area contributed by atoms with Crippen LogP contribution >= 0.6 is 11.8 Å². The average Bonchev–Trinajstić information content (AvgIpc) is 3.06. The fourth-order valence-corrected chi connectivity index (χ4v) is 3.60. The van der Waals surface area contributed by atoms with Crippen LogP contribution in [0.15, 0.2) is 18.2 Å². The van der Waals surface area contributed by atoms with Crippen molar-refractivity contribution >= 4 is 41.2 Å². The number of nitrogens with one attached hydrogen (secondary N) is 2. The minimum absolute atomic E-state index is 0.142. The molecule has 1 aliphatic rings. The zero-order chi connectivity index (χ0) is 22.4. The first-order chi connectivity index (χ1) is 14.1. The fourth-order valence-electron chi connectivity index (χ4n) is 3.19. The summed E-state index contributed by atoms with van der Waals surface area (Å²) in [7, 11) is 1.37. The molecule has 1 fully saturated rings. The second-order valence-electron chi connectivity index (χ2n) is 6.74. The van der Waals surface area contributed by atoms with E-state index < -0.39 is 41.6 Å². The van der Waals surface area contributed by atoms with E-state index in [1.807, 2.05) is 0 Å². The normalized spacial score (nSPS) is 18.1. The maximum Gasteiger partial charge on any atom is 0.319 e. The molecule has 0 saturated carbocycles. The predicted molar refractivity (Wildman–Crippen MR) is 108 cm³/mol. The molecule has 164 valence electrons. The lowest BCUT2D eigenvalue weighted by Crippen LogP contribution is -2.56. The Morgan fingerprint density at radius 1 is 1.30 bits per heavy atom. The van der Waals surface area contributed by atoms with E-state index in [1.54, 1.807) is 6.26 Å². The van der Waals surface area contributed by atoms with Crippen molar-refractivity contribution in [3.05, 3.63) is 29.8 Å². The van der Waals surface area contributed by atoms with Gasteiger partial charge in [-0.2, -0.15) is 11.8 Å². The molecule has 4 N–H and O–H groups in total. The summed E-state index contributed by atoms with van der Waals surface area (Å²) in [4.78, 5) is 51.3. The molecule has 1 saturated heterocycles. The first kappa shape index (κ1) is 23.4.